The number of aromatic amines is 1. The van der Waals surface area contributed by atoms with Crippen molar-refractivity contribution in [1.29, 1.82) is 0 Å². The number of fused-ring (bicyclic) bond motifs is 1. The van der Waals surface area contributed by atoms with Gasteiger partial charge in [0.15, 0.2) is 11.2 Å². The number of tetrazole rings is 1. The van der Waals surface area contributed by atoms with Crippen LogP contribution in [0.2, 0.25) is 0 Å². The molecule has 0 atom stereocenters. The molecule has 3 aromatic heterocycles. The summed E-state index contributed by atoms with van der Waals surface area (Å²) in [4.78, 5) is 28.6. The van der Waals surface area contributed by atoms with E-state index >= 15 is 0 Å². The zero-order valence-corrected chi connectivity index (χ0v) is 16.1. The first-order valence-corrected chi connectivity index (χ1v) is 9.14. The molecular formula is C18H20N8O3. The molecule has 0 aliphatic rings. The molecule has 0 amide bonds. The monoisotopic (exact) mass is 396 g/mol. The number of nitrogens with zero attached hydrogens (tertiary/aromatic N) is 7. The van der Waals surface area contributed by atoms with Crippen molar-refractivity contribution in [3.05, 3.63) is 51.4 Å². The van der Waals surface area contributed by atoms with Crippen LogP contribution >= 0.6 is 0 Å². The first kappa shape index (κ1) is 18.6. The summed E-state index contributed by atoms with van der Waals surface area (Å²) in [7, 11) is 3.08. The van der Waals surface area contributed by atoms with Gasteiger partial charge < -0.3 is 9.30 Å². The molecule has 0 spiro atoms. The van der Waals surface area contributed by atoms with Gasteiger partial charge in [-0.1, -0.05) is 0 Å². The Morgan fingerprint density at radius 1 is 1.07 bits per heavy atom. The molecule has 0 saturated carbocycles. The van der Waals surface area contributed by atoms with Gasteiger partial charge in [-0.15, -0.1) is 10.2 Å². The molecule has 0 aliphatic heterocycles. The van der Waals surface area contributed by atoms with Crippen LogP contribution in [-0.2, 0) is 20.6 Å². The molecule has 3 heterocycles. The van der Waals surface area contributed by atoms with Gasteiger partial charge in [0.25, 0.3) is 5.56 Å². The molecule has 4 rings (SSSR count). The Kier molecular flexibility index (Phi) is 4.94. The molecule has 150 valence electrons. The minimum atomic E-state index is -0.383. The van der Waals surface area contributed by atoms with E-state index in [1.807, 2.05) is 24.3 Å². The lowest BCUT2D eigenvalue weighted by Crippen LogP contribution is -2.37. The van der Waals surface area contributed by atoms with Crippen molar-refractivity contribution in [3.8, 4) is 17.1 Å². The van der Waals surface area contributed by atoms with Crippen LogP contribution in [0.5, 0.6) is 5.75 Å². The predicted octanol–water partition coefficient (Wildman–Crippen LogP) is 0.473. The van der Waals surface area contributed by atoms with Crippen molar-refractivity contribution < 1.29 is 4.74 Å². The van der Waals surface area contributed by atoms with Gasteiger partial charge in [0.1, 0.15) is 5.75 Å². The lowest BCUT2D eigenvalue weighted by molar-refractivity contribution is 0.303. The van der Waals surface area contributed by atoms with Gasteiger partial charge >= 0.3 is 5.69 Å². The summed E-state index contributed by atoms with van der Waals surface area (Å²) in [5.74, 6) is 1.29. The number of ether oxygens (including phenoxy) is 1. The molecule has 0 bridgehead atoms. The lowest BCUT2D eigenvalue weighted by Gasteiger charge is -2.08. The number of rotatable bonds is 7. The second-order valence-electron chi connectivity index (χ2n) is 6.63. The quantitative estimate of drug-likeness (QED) is 0.450. The van der Waals surface area contributed by atoms with Crippen LogP contribution in [0.1, 0.15) is 12.8 Å². The van der Waals surface area contributed by atoms with Crippen LogP contribution in [0.25, 0.3) is 22.6 Å². The van der Waals surface area contributed by atoms with Gasteiger partial charge in [-0.2, -0.15) is 5.21 Å². The third kappa shape index (κ3) is 3.53. The summed E-state index contributed by atoms with van der Waals surface area (Å²) in [6.07, 6.45) is 3.21. The zero-order chi connectivity index (χ0) is 20.4. The van der Waals surface area contributed by atoms with Crippen LogP contribution in [0.15, 0.2) is 40.2 Å². The van der Waals surface area contributed by atoms with Gasteiger partial charge in [0.05, 0.1) is 12.9 Å². The number of imidazole rings is 1. The Bertz CT molecular complexity index is 1240. The second-order valence-corrected chi connectivity index (χ2v) is 6.63. The number of benzene rings is 1. The minimum absolute atomic E-state index is 0.335. The van der Waals surface area contributed by atoms with Crippen LogP contribution in [0.3, 0.4) is 0 Å². The summed E-state index contributed by atoms with van der Waals surface area (Å²) in [6, 6.07) is 7.47. The van der Waals surface area contributed by atoms with Crippen molar-refractivity contribution in [2.24, 2.45) is 14.1 Å². The van der Waals surface area contributed by atoms with Crippen molar-refractivity contribution in [1.82, 2.24) is 39.3 Å². The van der Waals surface area contributed by atoms with E-state index in [1.165, 1.54) is 11.6 Å². The van der Waals surface area contributed by atoms with E-state index in [1.54, 1.807) is 17.9 Å². The fourth-order valence-corrected chi connectivity index (χ4v) is 3.13. The largest absolute Gasteiger partial charge is 0.494 e. The van der Waals surface area contributed by atoms with Crippen molar-refractivity contribution >= 4 is 11.2 Å². The predicted molar refractivity (Wildman–Crippen MR) is 105 cm³/mol. The molecule has 29 heavy (non-hydrogen) atoms. The maximum Gasteiger partial charge on any atom is 0.332 e. The van der Waals surface area contributed by atoms with Gasteiger partial charge in [-0.25, -0.2) is 9.78 Å². The third-order valence-corrected chi connectivity index (χ3v) is 4.74. The van der Waals surface area contributed by atoms with E-state index in [-0.39, 0.29) is 11.2 Å². The molecule has 0 unspecified atom stereocenters. The normalized spacial score (nSPS) is 11.2. The molecule has 0 fully saturated rings. The summed E-state index contributed by atoms with van der Waals surface area (Å²) in [5.41, 5.74) is 0.975. The zero-order valence-electron chi connectivity index (χ0n) is 16.1. The maximum atomic E-state index is 12.4. The van der Waals surface area contributed by atoms with Crippen molar-refractivity contribution in [2.75, 3.05) is 6.61 Å². The van der Waals surface area contributed by atoms with E-state index in [9.17, 15) is 9.59 Å². The summed E-state index contributed by atoms with van der Waals surface area (Å²) in [6.45, 7) is 1.16. The Balaban J connectivity index is 1.33. The van der Waals surface area contributed by atoms with E-state index in [0.29, 0.717) is 30.1 Å². The van der Waals surface area contributed by atoms with E-state index in [4.69, 9.17) is 4.74 Å². The summed E-state index contributed by atoms with van der Waals surface area (Å²) < 4.78 is 10.0. The van der Waals surface area contributed by atoms with Gasteiger partial charge in [0.2, 0.25) is 5.82 Å². The molecule has 0 aliphatic carbocycles. The number of H-pyrrole nitrogens is 1. The number of unbranched alkanes of at least 4 members (excludes halogenated alkanes) is 1. The smallest absolute Gasteiger partial charge is 0.332 e. The van der Waals surface area contributed by atoms with Gasteiger partial charge in [0, 0.05) is 26.2 Å². The summed E-state index contributed by atoms with van der Waals surface area (Å²) in [5, 5.41) is 13.8. The summed E-state index contributed by atoms with van der Waals surface area (Å²) >= 11 is 0. The number of aromatic nitrogens is 8. The molecular weight excluding hydrogens is 376 g/mol. The number of nitrogens with one attached hydrogen (secondary N) is 1. The van der Waals surface area contributed by atoms with Gasteiger partial charge in [-0.3, -0.25) is 13.9 Å². The second kappa shape index (κ2) is 7.70. The highest BCUT2D eigenvalue weighted by atomic mass is 16.5. The third-order valence-electron chi connectivity index (χ3n) is 4.74. The molecule has 11 nitrogen and oxygen atoms in total. The Labute approximate surface area is 164 Å². The fourth-order valence-electron chi connectivity index (χ4n) is 3.13. The first-order valence-electron chi connectivity index (χ1n) is 9.14. The topological polar surface area (TPSA) is 126 Å². The van der Waals surface area contributed by atoms with Crippen LogP contribution < -0.4 is 16.0 Å². The standard InChI is InChI=1S/C18H20N8O3/c1-24-16-14(17(27)25(2)18(24)28)26(11-19-16)9-3-4-10-29-13-7-5-12(6-8-13)15-20-22-23-21-15/h5-8,11H,3-4,9-10H2,1-2H3,(H,20,21,22,23). The average Bonchev–Trinajstić information content (AvgIpc) is 3.41. The highest BCUT2D eigenvalue weighted by molar-refractivity contribution is 5.69. The first-order chi connectivity index (χ1) is 14.1. The molecule has 4 aromatic rings. The Morgan fingerprint density at radius 3 is 2.59 bits per heavy atom. The van der Waals surface area contributed by atoms with Gasteiger partial charge in [-0.05, 0) is 42.3 Å². The molecule has 1 aromatic carbocycles. The number of hydrogen-bond donors (Lipinski definition) is 1. The fraction of sp³-hybridized carbons (Fsp3) is 0.333. The Hall–Kier alpha value is -3.76. The molecule has 0 radical (unpaired) electrons. The molecule has 1 N–H and O–H groups in total. The Morgan fingerprint density at radius 2 is 1.86 bits per heavy atom. The highest BCUT2D eigenvalue weighted by Crippen LogP contribution is 2.18. The number of aryl methyl sites for hydroxylation is 2. The molecule has 0 saturated heterocycles. The van der Waals surface area contributed by atoms with Crippen molar-refractivity contribution in [3.63, 3.8) is 0 Å². The van der Waals surface area contributed by atoms with E-state index in [2.05, 4.69) is 25.6 Å². The SMILES string of the molecule is Cn1c(=O)c2c(ncn2CCCCOc2ccc(-c3nn[nH]n3)cc2)n(C)c1=O. The minimum Gasteiger partial charge on any atom is -0.494 e. The lowest BCUT2D eigenvalue weighted by atomic mass is 10.2. The average molecular weight is 396 g/mol. The molecule has 11 heteroatoms. The maximum absolute atomic E-state index is 12.4. The highest BCUT2D eigenvalue weighted by Gasteiger charge is 2.13. The van der Waals surface area contributed by atoms with Crippen LogP contribution in [0, 0.1) is 0 Å². The number of hydrogen-bond acceptors (Lipinski definition) is 7. The van der Waals surface area contributed by atoms with E-state index < -0.39 is 0 Å². The van der Waals surface area contributed by atoms with E-state index in [0.717, 1.165) is 28.7 Å². The van der Waals surface area contributed by atoms with Crippen LogP contribution in [-0.4, -0.2) is 45.9 Å². The van der Waals surface area contributed by atoms with Crippen LogP contribution in [0.4, 0.5) is 0 Å². The van der Waals surface area contributed by atoms with Crippen molar-refractivity contribution in [2.45, 2.75) is 19.4 Å².